The summed E-state index contributed by atoms with van der Waals surface area (Å²) in [5.41, 5.74) is 0.573. The number of thioether (sulfide) groups is 1. The van der Waals surface area contributed by atoms with E-state index in [0.29, 0.717) is 5.56 Å². The maximum Gasteiger partial charge on any atom is 0.326 e. The predicted octanol–water partition coefficient (Wildman–Crippen LogP) is 0.274. The fourth-order valence-corrected chi connectivity index (χ4v) is 4.57. The Bertz CT molecular complexity index is 565. The van der Waals surface area contributed by atoms with Gasteiger partial charge in [0.1, 0.15) is 0 Å². The molecule has 0 bridgehead atoms. The zero-order valence-electron chi connectivity index (χ0n) is 10.8. The van der Waals surface area contributed by atoms with Crippen LogP contribution in [-0.4, -0.2) is 50.0 Å². The molecule has 1 aromatic rings. The van der Waals surface area contributed by atoms with Gasteiger partial charge in [-0.05, 0) is 18.6 Å². The molecule has 0 radical (unpaired) electrons. The van der Waals surface area contributed by atoms with Gasteiger partial charge in [-0.2, -0.15) is 0 Å². The Hall–Kier alpha value is -1.60. The van der Waals surface area contributed by atoms with Crippen molar-refractivity contribution < 1.29 is 19.8 Å². The van der Waals surface area contributed by atoms with E-state index in [2.05, 4.69) is 4.98 Å². The van der Waals surface area contributed by atoms with E-state index in [1.54, 1.807) is 25.3 Å². The molecule has 3 heterocycles. The zero-order valence-corrected chi connectivity index (χ0v) is 11.6. The van der Waals surface area contributed by atoms with Gasteiger partial charge in [-0.15, -0.1) is 11.8 Å². The van der Waals surface area contributed by atoms with Crippen LogP contribution in [0.3, 0.4) is 0 Å². The molecule has 1 amide bonds. The molecule has 4 atom stereocenters. The van der Waals surface area contributed by atoms with Crippen molar-refractivity contribution in [2.75, 3.05) is 6.54 Å². The number of aromatic nitrogens is 1. The standard InChI is InChI=1S/C13H14N2O4S/c1-7(16)9-10(17)15-6-13(12(18)19,20-11(9)15)8-3-2-4-14-5-8/h2-5,7,9,11,16H,6H2,1H3,(H,18,19)/t7-,9+,11-,13?/m1/s1. The van der Waals surface area contributed by atoms with E-state index in [9.17, 15) is 19.8 Å². The number of pyridine rings is 1. The van der Waals surface area contributed by atoms with Gasteiger partial charge >= 0.3 is 5.97 Å². The SMILES string of the molecule is C[C@@H](O)[C@H]1C(=O)N2CC(C(=O)O)(c3cccnc3)S[C@H]12. The molecule has 0 aromatic carbocycles. The maximum absolute atomic E-state index is 12.0. The number of hydrogen-bond donors (Lipinski definition) is 2. The van der Waals surface area contributed by atoms with E-state index in [-0.39, 0.29) is 17.8 Å². The number of carboxylic acids is 1. The summed E-state index contributed by atoms with van der Waals surface area (Å²) < 4.78 is -1.20. The first-order valence-corrected chi connectivity index (χ1v) is 7.15. The Morgan fingerprint density at radius 3 is 2.95 bits per heavy atom. The van der Waals surface area contributed by atoms with Crippen LogP contribution in [0.15, 0.2) is 24.5 Å². The summed E-state index contributed by atoms with van der Waals surface area (Å²) in [6.07, 6.45) is 2.33. The van der Waals surface area contributed by atoms with Gasteiger partial charge in [-0.1, -0.05) is 6.07 Å². The van der Waals surface area contributed by atoms with E-state index in [4.69, 9.17) is 0 Å². The number of carbonyl (C=O) groups excluding carboxylic acids is 1. The van der Waals surface area contributed by atoms with Crippen LogP contribution in [-0.2, 0) is 14.3 Å². The monoisotopic (exact) mass is 294 g/mol. The highest BCUT2D eigenvalue weighted by Crippen LogP contribution is 2.55. The Morgan fingerprint density at radius 2 is 2.40 bits per heavy atom. The van der Waals surface area contributed by atoms with Crippen LogP contribution in [0.2, 0.25) is 0 Å². The Labute approximate surface area is 119 Å². The van der Waals surface area contributed by atoms with Crippen LogP contribution in [0.25, 0.3) is 0 Å². The number of aliphatic carboxylic acids is 1. The molecule has 2 saturated heterocycles. The summed E-state index contributed by atoms with van der Waals surface area (Å²) in [7, 11) is 0. The van der Waals surface area contributed by atoms with Crippen molar-refractivity contribution in [2.45, 2.75) is 23.1 Å². The average Bonchev–Trinajstić information content (AvgIpc) is 2.76. The Morgan fingerprint density at radius 1 is 1.65 bits per heavy atom. The average molecular weight is 294 g/mol. The molecule has 6 nitrogen and oxygen atoms in total. The highest BCUT2D eigenvalue weighted by atomic mass is 32.2. The van der Waals surface area contributed by atoms with Crippen molar-refractivity contribution in [3.05, 3.63) is 30.1 Å². The molecule has 0 saturated carbocycles. The van der Waals surface area contributed by atoms with Gasteiger partial charge in [0.15, 0.2) is 4.75 Å². The zero-order chi connectivity index (χ0) is 14.5. The second-order valence-electron chi connectivity index (χ2n) is 5.11. The number of fused-ring (bicyclic) bond motifs is 1. The van der Waals surface area contributed by atoms with Crippen LogP contribution in [0.1, 0.15) is 12.5 Å². The molecule has 1 unspecified atom stereocenters. The van der Waals surface area contributed by atoms with E-state index in [1.807, 2.05) is 0 Å². The molecular weight excluding hydrogens is 280 g/mol. The molecular formula is C13H14N2O4S. The van der Waals surface area contributed by atoms with E-state index in [0.717, 1.165) is 0 Å². The van der Waals surface area contributed by atoms with Crippen molar-refractivity contribution in [1.29, 1.82) is 0 Å². The number of amides is 1. The third-order valence-corrected chi connectivity index (χ3v) is 5.62. The number of carboxylic acid groups (broad SMARTS) is 1. The van der Waals surface area contributed by atoms with Crippen LogP contribution in [0.5, 0.6) is 0 Å². The van der Waals surface area contributed by atoms with E-state index < -0.39 is 22.7 Å². The molecule has 3 rings (SSSR count). The topological polar surface area (TPSA) is 90.7 Å². The lowest BCUT2D eigenvalue weighted by Gasteiger charge is -2.42. The highest BCUT2D eigenvalue weighted by molar-refractivity contribution is 8.02. The number of aliphatic hydroxyl groups is 1. The second kappa shape index (κ2) is 4.46. The van der Waals surface area contributed by atoms with E-state index >= 15 is 0 Å². The molecule has 106 valence electrons. The third-order valence-electron chi connectivity index (χ3n) is 3.89. The number of carbonyl (C=O) groups is 2. The van der Waals surface area contributed by atoms with E-state index in [1.165, 1.54) is 22.9 Å². The van der Waals surface area contributed by atoms with Crippen molar-refractivity contribution in [3.63, 3.8) is 0 Å². The largest absolute Gasteiger partial charge is 0.480 e. The summed E-state index contributed by atoms with van der Waals surface area (Å²) >= 11 is 1.21. The summed E-state index contributed by atoms with van der Waals surface area (Å²) in [5.74, 6) is -1.68. The first kappa shape index (κ1) is 13.4. The molecule has 20 heavy (non-hydrogen) atoms. The minimum absolute atomic E-state index is 0.116. The van der Waals surface area contributed by atoms with Gasteiger partial charge in [0, 0.05) is 12.4 Å². The van der Waals surface area contributed by atoms with Crippen LogP contribution >= 0.6 is 11.8 Å². The minimum Gasteiger partial charge on any atom is -0.480 e. The molecule has 0 spiro atoms. The van der Waals surface area contributed by atoms with Gasteiger partial charge in [-0.3, -0.25) is 14.6 Å². The molecule has 7 heteroatoms. The van der Waals surface area contributed by atoms with Crippen molar-refractivity contribution in [3.8, 4) is 0 Å². The predicted molar refractivity (Wildman–Crippen MR) is 71.8 cm³/mol. The lowest BCUT2D eigenvalue weighted by Crippen LogP contribution is -2.60. The first-order valence-electron chi connectivity index (χ1n) is 6.27. The van der Waals surface area contributed by atoms with Crippen molar-refractivity contribution in [2.24, 2.45) is 5.92 Å². The van der Waals surface area contributed by atoms with Crippen LogP contribution in [0, 0.1) is 5.92 Å². The summed E-state index contributed by atoms with van der Waals surface area (Å²) in [4.78, 5) is 29.2. The lowest BCUT2D eigenvalue weighted by atomic mass is 9.90. The van der Waals surface area contributed by atoms with Gasteiger partial charge in [0.05, 0.1) is 23.9 Å². The lowest BCUT2D eigenvalue weighted by molar-refractivity contribution is -0.156. The van der Waals surface area contributed by atoms with Gasteiger partial charge in [0.2, 0.25) is 5.91 Å². The van der Waals surface area contributed by atoms with Crippen molar-refractivity contribution in [1.82, 2.24) is 9.88 Å². The number of aliphatic hydroxyl groups excluding tert-OH is 1. The summed E-state index contributed by atoms with van der Waals surface area (Å²) in [6.45, 7) is 1.68. The smallest absolute Gasteiger partial charge is 0.326 e. The number of nitrogens with zero attached hydrogens (tertiary/aromatic N) is 2. The van der Waals surface area contributed by atoms with Gasteiger partial charge < -0.3 is 15.1 Å². The number of hydrogen-bond acceptors (Lipinski definition) is 5. The Balaban J connectivity index is 1.97. The fourth-order valence-electron chi connectivity index (χ4n) is 2.79. The molecule has 0 aliphatic carbocycles. The number of rotatable bonds is 3. The van der Waals surface area contributed by atoms with Gasteiger partial charge in [0.25, 0.3) is 0 Å². The molecule has 2 fully saturated rings. The minimum atomic E-state index is -1.20. The quantitative estimate of drug-likeness (QED) is 0.778. The third kappa shape index (κ3) is 1.66. The van der Waals surface area contributed by atoms with Crippen LogP contribution in [0.4, 0.5) is 0 Å². The van der Waals surface area contributed by atoms with Gasteiger partial charge in [-0.25, -0.2) is 0 Å². The molecule has 2 aliphatic heterocycles. The second-order valence-corrected chi connectivity index (χ2v) is 6.53. The van der Waals surface area contributed by atoms with Crippen molar-refractivity contribution >= 4 is 23.6 Å². The molecule has 2 aliphatic rings. The summed E-state index contributed by atoms with van der Waals surface area (Å²) in [6, 6.07) is 3.39. The number of β-lactam (4-membered cyclic amide) rings is 1. The fraction of sp³-hybridized carbons (Fsp3) is 0.462. The summed E-state index contributed by atoms with van der Waals surface area (Å²) in [5, 5.41) is 19.0. The normalized spacial score (nSPS) is 33.5. The Kier molecular flexibility index (Phi) is 2.98. The van der Waals surface area contributed by atoms with Crippen LogP contribution < -0.4 is 0 Å². The maximum atomic E-state index is 12.0. The highest BCUT2D eigenvalue weighted by Gasteiger charge is 2.63. The molecule has 1 aromatic heterocycles. The molecule has 2 N–H and O–H groups in total. The first-order chi connectivity index (χ1) is 9.47.